The zero-order chi connectivity index (χ0) is 28.3. The fraction of sp³-hybridized carbons (Fsp3) is 0. The van der Waals surface area contributed by atoms with Crippen molar-refractivity contribution in [3.8, 4) is 33.1 Å². The Morgan fingerprint density at radius 2 is 1.00 bits per heavy atom. The van der Waals surface area contributed by atoms with E-state index in [9.17, 15) is 0 Å². The standard InChI is InChI=1S/C13H8NS.2C11H7BrN.Ir/c1-2-7-12-10(5-1)9-13(15-12)11-6-3-4-8-14-11;2*12-10-6-2-1-5-9(10)11-7-3-4-8-13-11;/h1-8H;2*1-4,6-8H;/q3*-1;+3. The first kappa shape index (κ1) is 31.6. The van der Waals surface area contributed by atoms with Crippen molar-refractivity contribution in [3.63, 3.8) is 0 Å². The van der Waals surface area contributed by atoms with E-state index in [2.05, 4.69) is 83.2 Å². The summed E-state index contributed by atoms with van der Waals surface area (Å²) in [6, 6.07) is 47.2. The monoisotopic (exact) mass is 867 g/mol. The van der Waals surface area contributed by atoms with Crippen molar-refractivity contribution in [3.05, 3.63) is 161 Å². The third-order valence-corrected chi connectivity index (χ3v) is 8.11. The number of thiophene rings is 1. The fourth-order valence-electron chi connectivity index (χ4n) is 3.78. The minimum atomic E-state index is 0. The molecule has 3 aromatic carbocycles. The van der Waals surface area contributed by atoms with Gasteiger partial charge in [0.25, 0.3) is 0 Å². The van der Waals surface area contributed by atoms with Crippen LogP contribution in [0, 0.1) is 18.2 Å². The van der Waals surface area contributed by atoms with Gasteiger partial charge in [-0.25, -0.2) is 11.3 Å². The Kier molecular flexibility index (Phi) is 12.3. The van der Waals surface area contributed by atoms with Gasteiger partial charge in [-0.15, -0.1) is 115 Å². The van der Waals surface area contributed by atoms with E-state index in [1.54, 1.807) is 23.7 Å². The first-order valence-electron chi connectivity index (χ1n) is 12.7. The third kappa shape index (κ3) is 8.60. The second-order valence-corrected chi connectivity index (χ2v) is 11.2. The molecule has 0 N–H and O–H groups in total. The minimum absolute atomic E-state index is 0. The SMILES string of the molecule is Brc1ccc[c-]c1-c1ccccn1.Brc1ccc[c-]c1-c1ccccn1.[Ir+3].[c-]1c(-c2ccccn2)sc2ccccc12. The largest absolute Gasteiger partial charge is 3.00 e. The van der Waals surface area contributed by atoms with Gasteiger partial charge in [-0.3, -0.25) is 0 Å². The van der Waals surface area contributed by atoms with Gasteiger partial charge >= 0.3 is 20.1 Å². The number of rotatable bonds is 3. The van der Waals surface area contributed by atoms with Crippen LogP contribution in [0.2, 0.25) is 0 Å². The average molecular weight is 869 g/mol. The van der Waals surface area contributed by atoms with Gasteiger partial charge in [0.1, 0.15) is 0 Å². The summed E-state index contributed by atoms with van der Waals surface area (Å²) >= 11 is 8.66. The van der Waals surface area contributed by atoms with Gasteiger partial charge in [-0.2, -0.15) is 0 Å². The van der Waals surface area contributed by atoms with E-state index in [4.69, 9.17) is 0 Å². The summed E-state index contributed by atoms with van der Waals surface area (Å²) in [5.74, 6) is 0. The molecule has 0 radical (unpaired) electrons. The van der Waals surface area contributed by atoms with E-state index in [-0.39, 0.29) is 20.1 Å². The number of hydrogen-bond donors (Lipinski definition) is 0. The summed E-state index contributed by atoms with van der Waals surface area (Å²) in [6.45, 7) is 0. The van der Waals surface area contributed by atoms with E-state index < -0.39 is 0 Å². The van der Waals surface area contributed by atoms with Crippen molar-refractivity contribution in [1.82, 2.24) is 15.0 Å². The summed E-state index contributed by atoms with van der Waals surface area (Å²) in [7, 11) is 0. The molecule has 7 aromatic rings. The molecule has 7 heteroatoms. The molecule has 0 aliphatic carbocycles. The maximum Gasteiger partial charge on any atom is 3.00 e. The molecule has 0 amide bonds. The van der Waals surface area contributed by atoms with Crippen molar-refractivity contribution in [1.29, 1.82) is 0 Å². The van der Waals surface area contributed by atoms with Crippen LogP contribution in [0.3, 0.4) is 0 Å². The number of nitrogens with zero attached hydrogens (tertiary/aromatic N) is 3. The summed E-state index contributed by atoms with van der Waals surface area (Å²) in [6.07, 6.45) is 5.37. The predicted octanol–water partition coefficient (Wildman–Crippen LogP) is 10.4. The van der Waals surface area contributed by atoms with Gasteiger partial charge in [-0.05, 0) is 39.2 Å². The summed E-state index contributed by atoms with van der Waals surface area (Å²) in [5, 5.41) is 1.17. The zero-order valence-corrected chi connectivity index (χ0v) is 28.4. The van der Waals surface area contributed by atoms with Gasteiger partial charge in [0.15, 0.2) is 0 Å². The van der Waals surface area contributed by atoms with Gasteiger partial charge in [0.05, 0.1) is 0 Å². The zero-order valence-electron chi connectivity index (χ0n) is 22.0. The molecule has 0 bridgehead atoms. The molecule has 0 aliphatic rings. The third-order valence-electron chi connectivity index (χ3n) is 5.70. The van der Waals surface area contributed by atoms with Crippen molar-refractivity contribution in [2.75, 3.05) is 0 Å². The minimum Gasteiger partial charge on any atom is -0.305 e. The van der Waals surface area contributed by atoms with Crippen LogP contribution in [0.15, 0.2) is 143 Å². The van der Waals surface area contributed by atoms with Crippen molar-refractivity contribution >= 4 is 53.3 Å². The molecule has 0 unspecified atom stereocenters. The van der Waals surface area contributed by atoms with Crippen LogP contribution >= 0.6 is 43.2 Å². The first-order valence-corrected chi connectivity index (χ1v) is 15.1. The van der Waals surface area contributed by atoms with Crippen LogP contribution in [0.5, 0.6) is 0 Å². The molecule has 42 heavy (non-hydrogen) atoms. The quantitative estimate of drug-likeness (QED) is 0.166. The van der Waals surface area contributed by atoms with Gasteiger partial charge in [0, 0.05) is 24.3 Å². The number of hydrogen-bond acceptors (Lipinski definition) is 4. The van der Waals surface area contributed by atoms with E-state index in [1.807, 2.05) is 103 Å². The Balaban J connectivity index is 0.000000144. The molecule has 0 saturated heterocycles. The Morgan fingerprint density at radius 1 is 0.524 bits per heavy atom. The molecule has 4 heterocycles. The van der Waals surface area contributed by atoms with Crippen molar-refractivity contribution in [2.24, 2.45) is 0 Å². The number of fused-ring (bicyclic) bond motifs is 1. The Hall–Kier alpha value is -3.32. The maximum absolute atomic E-state index is 4.32. The molecular weight excluding hydrogens is 846 g/mol. The molecule has 0 aliphatic heterocycles. The Labute approximate surface area is 280 Å². The summed E-state index contributed by atoms with van der Waals surface area (Å²) in [5.41, 5.74) is 4.88. The topological polar surface area (TPSA) is 38.7 Å². The van der Waals surface area contributed by atoms with Crippen LogP contribution in [0.4, 0.5) is 0 Å². The number of halogens is 2. The van der Waals surface area contributed by atoms with E-state index in [0.29, 0.717) is 0 Å². The van der Waals surface area contributed by atoms with Gasteiger partial charge in [0.2, 0.25) is 0 Å². The van der Waals surface area contributed by atoms with Crippen LogP contribution < -0.4 is 0 Å². The molecule has 7 rings (SSSR count). The molecule has 0 spiro atoms. The normalized spacial score (nSPS) is 9.95. The van der Waals surface area contributed by atoms with E-state index >= 15 is 0 Å². The van der Waals surface area contributed by atoms with Gasteiger partial charge < -0.3 is 15.0 Å². The summed E-state index contributed by atoms with van der Waals surface area (Å²) < 4.78 is 3.31. The Bertz CT molecular complexity index is 1700. The fourth-order valence-corrected chi connectivity index (χ4v) is 5.70. The maximum atomic E-state index is 4.32. The average Bonchev–Trinajstić information content (AvgIpc) is 3.48. The molecule has 0 saturated carbocycles. The molecule has 3 nitrogen and oxygen atoms in total. The molecule has 0 fully saturated rings. The van der Waals surface area contributed by atoms with Crippen LogP contribution in [-0.2, 0) is 20.1 Å². The predicted molar refractivity (Wildman–Crippen MR) is 176 cm³/mol. The molecule has 206 valence electrons. The second kappa shape index (κ2) is 16.4. The second-order valence-electron chi connectivity index (χ2n) is 8.48. The van der Waals surface area contributed by atoms with E-state index in [0.717, 1.165) is 42.0 Å². The summed E-state index contributed by atoms with van der Waals surface area (Å²) in [4.78, 5) is 13.9. The molecule has 4 aromatic heterocycles. The molecular formula is C35H22Br2IrN3S. The van der Waals surface area contributed by atoms with Crippen LogP contribution in [-0.4, -0.2) is 15.0 Å². The number of aromatic nitrogens is 3. The molecule has 0 atom stereocenters. The smallest absolute Gasteiger partial charge is 0.305 e. The van der Waals surface area contributed by atoms with Gasteiger partial charge in [-0.1, -0.05) is 57.5 Å². The van der Waals surface area contributed by atoms with E-state index in [1.165, 1.54) is 10.1 Å². The van der Waals surface area contributed by atoms with Crippen LogP contribution in [0.25, 0.3) is 43.2 Å². The van der Waals surface area contributed by atoms with Crippen LogP contribution in [0.1, 0.15) is 0 Å². The van der Waals surface area contributed by atoms with Crippen molar-refractivity contribution < 1.29 is 20.1 Å². The van der Waals surface area contributed by atoms with Crippen molar-refractivity contribution in [2.45, 2.75) is 0 Å². The first-order chi connectivity index (χ1) is 20.2. The number of benzene rings is 3. The number of pyridine rings is 3. The Morgan fingerprint density at radius 3 is 1.45 bits per heavy atom.